The van der Waals surface area contributed by atoms with Crippen LogP contribution in [0.25, 0.3) is 0 Å². The lowest BCUT2D eigenvalue weighted by Gasteiger charge is -2.35. The molecular weight excluding hydrogens is 316 g/mol. The minimum absolute atomic E-state index is 0.000617. The molecule has 0 heterocycles. The van der Waals surface area contributed by atoms with E-state index in [1.165, 1.54) is 0 Å². The Morgan fingerprint density at radius 3 is 2.25 bits per heavy atom. The summed E-state index contributed by atoms with van der Waals surface area (Å²) in [5.74, 6) is 1.91. The standard InChI is InChI=1S/C17H23BrO2/c1-13(11-19)9-10-17(20,12-16(2,3)4)14-5-7-15(18)8-6-14/h5-8,20H,9-10,12H2,1-4H3. The maximum absolute atomic E-state index is 11.1. The Hall–Kier alpha value is -0.890. The first kappa shape index (κ1) is 17.2. The molecule has 0 spiro atoms. The molecule has 0 saturated heterocycles. The summed E-state index contributed by atoms with van der Waals surface area (Å²) >= 11 is 3.41. The second-order valence-electron chi connectivity index (χ2n) is 6.66. The molecule has 0 amide bonds. The largest absolute Gasteiger partial charge is 0.385 e. The fraction of sp³-hybridized carbons (Fsp3) is 0.529. The van der Waals surface area contributed by atoms with Gasteiger partial charge in [-0.1, -0.05) is 48.8 Å². The van der Waals surface area contributed by atoms with Crippen molar-refractivity contribution in [2.24, 2.45) is 5.41 Å². The number of benzene rings is 1. The average molecular weight is 339 g/mol. The maximum Gasteiger partial charge on any atom is 0.123 e. The lowest BCUT2D eigenvalue weighted by Crippen LogP contribution is -2.31. The summed E-state index contributed by atoms with van der Waals surface area (Å²) in [6.45, 7) is 8.09. The molecule has 3 heteroatoms. The molecule has 1 atom stereocenters. The third-order valence-corrected chi connectivity index (χ3v) is 3.82. The summed E-state index contributed by atoms with van der Waals surface area (Å²) in [6.07, 6.45) is 1.74. The van der Waals surface area contributed by atoms with Crippen LogP contribution in [0.15, 0.2) is 34.3 Å². The quantitative estimate of drug-likeness (QED) is 0.794. The predicted octanol–water partition coefficient (Wildman–Crippen LogP) is 4.63. The van der Waals surface area contributed by atoms with Crippen LogP contribution in [0.5, 0.6) is 0 Å². The zero-order chi connectivity index (χ0) is 15.4. The van der Waals surface area contributed by atoms with Crippen molar-refractivity contribution in [3.8, 4) is 0 Å². The van der Waals surface area contributed by atoms with Crippen molar-refractivity contribution in [2.45, 2.75) is 52.6 Å². The number of rotatable bonds is 5. The van der Waals surface area contributed by atoms with Crippen molar-refractivity contribution in [1.29, 1.82) is 0 Å². The first-order valence-corrected chi connectivity index (χ1v) is 7.65. The summed E-state index contributed by atoms with van der Waals surface area (Å²) in [4.78, 5) is 10.6. The molecule has 20 heavy (non-hydrogen) atoms. The lowest BCUT2D eigenvalue weighted by molar-refractivity contribution is -0.0107. The van der Waals surface area contributed by atoms with Gasteiger partial charge >= 0.3 is 0 Å². The molecular formula is C17H23BrO2. The van der Waals surface area contributed by atoms with Crippen LogP contribution in [-0.4, -0.2) is 11.0 Å². The van der Waals surface area contributed by atoms with Crippen LogP contribution < -0.4 is 0 Å². The van der Waals surface area contributed by atoms with Crippen molar-refractivity contribution in [1.82, 2.24) is 0 Å². The van der Waals surface area contributed by atoms with E-state index in [1.54, 1.807) is 6.92 Å². The van der Waals surface area contributed by atoms with Crippen LogP contribution in [0.3, 0.4) is 0 Å². The summed E-state index contributed by atoms with van der Waals surface area (Å²) in [7, 11) is 0. The highest BCUT2D eigenvalue weighted by molar-refractivity contribution is 9.10. The van der Waals surface area contributed by atoms with Crippen molar-refractivity contribution in [3.05, 3.63) is 39.9 Å². The van der Waals surface area contributed by atoms with Crippen LogP contribution in [0.2, 0.25) is 0 Å². The lowest BCUT2D eigenvalue weighted by atomic mass is 9.75. The molecule has 1 aromatic carbocycles. The Balaban J connectivity index is 3.05. The number of halogens is 1. The van der Waals surface area contributed by atoms with Gasteiger partial charge < -0.3 is 5.11 Å². The van der Waals surface area contributed by atoms with Crippen molar-refractivity contribution >= 4 is 21.9 Å². The zero-order valence-electron chi connectivity index (χ0n) is 12.7. The number of aliphatic hydroxyl groups is 1. The second kappa shape index (κ2) is 6.71. The molecule has 1 rings (SSSR count). The summed E-state index contributed by atoms with van der Waals surface area (Å²) in [5, 5.41) is 11.1. The fourth-order valence-corrected chi connectivity index (χ4v) is 2.68. The van der Waals surface area contributed by atoms with Crippen LogP contribution in [0.4, 0.5) is 0 Å². The van der Waals surface area contributed by atoms with Gasteiger partial charge in [-0.15, -0.1) is 0 Å². The van der Waals surface area contributed by atoms with Gasteiger partial charge in [0, 0.05) is 10.0 Å². The first-order valence-electron chi connectivity index (χ1n) is 6.85. The first-order chi connectivity index (χ1) is 9.16. The van der Waals surface area contributed by atoms with Crippen LogP contribution >= 0.6 is 15.9 Å². The highest BCUT2D eigenvalue weighted by Gasteiger charge is 2.33. The third kappa shape index (κ3) is 5.24. The van der Waals surface area contributed by atoms with Crippen molar-refractivity contribution in [2.75, 3.05) is 0 Å². The van der Waals surface area contributed by atoms with Gasteiger partial charge in [0.2, 0.25) is 0 Å². The van der Waals surface area contributed by atoms with Gasteiger partial charge in [-0.05, 0) is 49.3 Å². The van der Waals surface area contributed by atoms with Gasteiger partial charge in [0.05, 0.1) is 5.60 Å². The van der Waals surface area contributed by atoms with E-state index < -0.39 is 5.60 Å². The highest BCUT2D eigenvalue weighted by Crippen LogP contribution is 2.39. The zero-order valence-corrected chi connectivity index (χ0v) is 14.3. The normalized spacial score (nSPS) is 14.5. The van der Waals surface area contributed by atoms with E-state index in [0.29, 0.717) is 24.8 Å². The third-order valence-electron chi connectivity index (χ3n) is 3.29. The summed E-state index contributed by atoms with van der Waals surface area (Å²) in [5.41, 5.74) is 0.626. The van der Waals surface area contributed by atoms with Gasteiger partial charge in [0.25, 0.3) is 0 Å². The smallest absolute Gasteiger partial charge is 0.123 e. The van der Waals surface area contributed by atoms with E-state index in [2.05, 4.69) is 36.7 Å². The number of hydrogen-bond donors (Lipinski definition) is 1. The molecule has 1 unspecified atom stereocenters. The second-order valence-corrected chi connectivity index (χ2v) is 7.57. The SMILES string of the molecule is CC(=C=O)CCC(O)(CC(C)(C)C)c1ccc(Br)cc1. The number of allylic oxidation sites excluding steroid dienone is 1. The molecule has 0 aliphatic rings. The average Bonchev–Trinajstić information content (AvgIpc) is 2.34. The van der Waals surface area contributed by atoms with Gasteiger partial charge in [-0.3, -0.25) is 0 Å². The minimum atomic E-state index is -0.920. The molecule has 0 bridgehead atoms. The Bertz CT molecular complexity index is 493. The van der Waals surface area contributed by atoms with E-state index in [9.17, 15) is 9.90 Å². The molecule has 0 aliphatic heterocycles. The van der Waals surface area contributed by atoms with Gasteiger partial charge in [0.1, 0.15) is 5.94 Å². The summed E-state index contributed by atoms with van der Waals surface area (Å²) in [6, 6.07) is 7.75. The fourth-order valence-electron chi connectivity index (χ4n) is 2.42. The molecule has 0 radical (unpaired) electrons. The maximum atomic E-state index is 11.1. The monoisotopic (exact) mass is 338 g/mol. The molecule has 0 saturated carbocycles. The Morgan fingerprint density at radius 2 is 1.80 bits per heavy atom. The van der Waals surface area contributed by atoms with E-state index in [0.717, 1.165) is 10.0 Å². The van der Waals surface area contributed by atoms with Gasteiger partial charge in [-0.25, -0.2) is 4.79 Å². The van der Waals surface area contributed by atoms with Crippen molar-refractivity contribution < 1.29 is 9.90 Å². The van der Waals surface area contributed by atoms with Crippen LogP contribution in [0.1, 0.15) is 52.5 Å². The summed E-state index contributed by atoms with van der Waals surface area (Å²) < 4.78 is 0.989. The topological polar surface area (TPSA) is 37.3 Å². The van der Waals surface area contributed by atoms with Crippen LogP contribution in [0, 0.1) is 5.41 Å². The molecule has 110 valence electrons. The van der Waals surface area contributed by atoms with Gasteiger partial charge in [0.15, 0.2) is 0 Å². The molecule has 1 N–H and O–H groups in total. The Labute approximate surface area is 130 Å². The Morgan fingerprint density at radius 1 is 1.25 bits per heavy atom. The minimum Gasteiger partial charge on any atom is -0.385 e. The van der Waals surface area contributed by atoms with Crippen molar-refractivity contribution in [3.63, 3.8) is 0 Å². The molecule has 0 fully saturated rings. The van der Waals surface area contributed by atoms with E-state index >= 15 is 0 Å². The van der Waals surface area contributed by atoms with E-state index in [4.69, 9.17) is 0 Å². The van der Waals surface area contributed by atoms with E-state index in [1.807, 2.05) is 30.2 Å². The highest BCUT2D eigenvalue weighted by atomic mass is 79.9. The molecule has 0 aromatic heterocycles. The van der Waals surface area contributed by atoms with Crippen LogP contribution in [-0.2, 0) is 10.4 Å². The molecule has 1 aromatic rings. The number of carbonyl (C=O) groups excluding carboxylic acids is 1. The molecule has 2 nitrogen and oxygen atoms in total. The Kier molecular flexibility index (Phi) is 5.76. The van der Waals surface area contributed by atoms with E-state index in [-0.39, 0.29) is 5.41 Å². The predicted molar refractivity (Wildman–Crippen MR) is 86.2 cm³/mol. The molecule has 0 aliphatic carbocycles. The van der Waals surface area contributed by atoms with Gasteiger partial charge in [-0.2, -0.15) is 0 Å². The number of hydrogen-bond acceptors (Lipinski definition) is 2.